The van der Waals surface area contributed by atoms with Crippen molar-refractivity contribution in [1.29, 1.82) is 5.26 Å². The fraction of sp³-hybridized carbons (Fsp3) is 0.467. The number of ether oxygens (including phenoxy) is 3. The van der Waals surface area contributed by atoms with E-state index in [4.69, 9.17) is 14.7 Å². The minimum Gasteiger partial charge on any atom is -0.497 e. The van der Waals surface area contributed by atoms with Crippen molar-refractivity contribution < 1.29 is 19.0 Å². The van der Waals surface area contributed by atoms with Gasteiger partial charge >= 0.3 is 5.97 Å². The molecule has 0 bridgehead atoms. The number of rotatable bonds is 9. The molecule has 1 N–H and O–H groups in total. The zero-order valence-electron chi connectivity index (χ0n) is 12.3. The largest absolute Gasteiger partial charge is 0.497 e. The molecular formula is C15H20N2O4. The molecule has 1 unspecified atom stereocenters. The average Bonchev–Trinajstić information content (AvgIpc) is 2.50. The van der Waals surface area contributed by atoms with E-state index in [1.54, 1.807) is 7.11 Å². The predicted molar refractivity (Wildman–Crippen MR) is 76.7 cm³/mol. The first-order valence-corrected chi connectivity index (χ1v) is 6.57. The molecule has 0 aromatic heterocycles. The van der Waals surface area contributed by atoms with Gasteiger partial charge in [0.15, 0.2) is 0 Å². The van der Waals surface area contributed by atoms with Gasteiger partial charge in [0.1, 0.15) is 19.0 Å². The van der Waals surface area contributed by atoms with Gasteiger partial charge in [-0.3, -0.25) is 0 Å². The average molecular weight is 292 g/mol. The summed E-state index contributed by atoms with van der Waals surface area (Å²) in [5, 5.41) is 12.0. The molecule has 6 nitrogen and oxygen atoms in total. The summed E-state index contributed by atoms with van der Waals surface area (Å²) >= 11 is 0. The topological polar surface area (TPSA) is 80.6 Å². The summed E-state index contributed by atoms with van der Waals surface area (Å²) in [5.74, 6) is 0.335. The van der Waals surface area contributed by atoms with Gasteiger partial charge in [-0.1, -0.05) is 12.1 Å². The number of nitrogens with one attached hydrogen (secondary N) is 1. The van der Waals surface area contributed by atoms with Crippen molar-refractivity contribution >= 4 is 5.97 Å². The molecule has 1 aromatic carbocycles. The molecule has 0 saturated heterocycles. The Labute approximate surface area is 124 Å². The molecule has 0 fully saturated rings. The standard InChI is InChI=1S/C15H20N2O4/c1-19-11-15(18)21-10-13(6-7-16)17-9-12-4-3-5-14(8-12)20-2/h3-5,8,13,17H,6,9-11H2,1-2H3. The number of nitriles is 1. The molecule has 0 radical (unpaired) electrons. The summed E-state index contributed by atoms with van der Waals surface area (Å²) in [6, 6.07) is 9.48. The van der Waals surface area contributed by atoms with Crippen molar-refractivity contribution in [1.82, 2.24) is 5.32 Å². The Morgan fingerprint density at radius 1 is 1.43 bits per heavy atom. The number of nitrogens with zero attached hydrogens (tertiary/aromatic N) is 1. The smallest absolute Gasteiger partial charge is 0.332 e. The van der Waals surface area contributed by atoms with Crippen molar-refractivity contribution in [3.05, 3.63) is 29.8 Å². The zero-order chi connectivity index (χ0) is 15.5. The molecule has 1 rings (SSSR count). The van der Waals surface area contributed by atoms with Gasteiger partial charge in [-0.2, -0.15) is 5.26 Å². The molecule has 0 saturated carbocycles. The van der Waals surface area contributed by atoms with Crippen molar-refractivity contribution in [3.8, 4) is 11.8 Å². The van der Waals surface area contributed by atoms with Crippen LogP contribution < -0.4 is 10.1 Å². The lowest BCUT2D eigenvalue weighted by Gasteiger charge is -2.16. The van der Waals surface area contributed by atoms with Crippen LogP contribution >= 0.6 is 0 Å². The molecule has 0 aliphatic rings. The van der Waals surface area contributed by atoms with Crippen LogP contribution in [0.25, 0.3) is 0 Å². The van der Waals surface area contributed by atoms with E-state index < -0.39 is 5.97 Å². The Morgan fingerprint density at radius 2 is 2.24 bits per heavy atom. The molecule has 0 spiro atoms. The summed E-state index contributed by atoms with van der Waals surface area (Å²) < 4.78 is 14.9. The molecule has 1 aromatic rings. The normalized spacial score (nSPS) is 11.5. The van der Waals surface area contributed by atoms with Crippen LogP contribution in [-0.4, -0.2) is 39.4 Å². The fourth-order valence-electron chi connectivity index (χ4n) is 1.70. The summed E-state index contributed by atoms with van der Waals surface area (Å²) in [4.78, 5) is 11.2. The van der Waals surface area contributed by atoms with Crippen LogP contribution in [-0.2, 0) is 20.8 Å². The molecule has 0 heterocycles. The number of methoxy groups -OCH3 is 2. The van der Waals surface area contributed by atoms with Gasteiger partial charge in [-0.05, 0) is 17.7 Å². The van der Waals surface area contributed by atoms with E-state index in [0.717, 1.165) is 11.3 Å². The van der Waals surface area contributed by atoms with E-state index in [1.807, 2.05) is 24.3 Å². The first-order chi connectivity index (χ1) is 10.2. The SMILES string of the molecule is COCC(=O)OCC(CC#N)NCc1cccc(OC)c1. The molecular weight excluding hydrogens is 272 g/mol. The quantitative estimate of drug-likeness (QED) is 0.690. The molecule has 6 heteroatoms. The number of carbonyl (C=O) groups is 1. The third-order valence-electron chi connectivity index (χ3n) is 2.77. The van der Waals surface area contributed by atoms with Gasteiger partial charge in [0.05, 0.1) is 25.6 Å². The van der Waals surface area contributed by atoms with Crippen LogP contribution in [0.2, 0.25) is 0 Å². The van der Waals surface area contributed by atoms with Crippen LogP contribution in [0.5, 0.6) is 5.75 Å². The van der Waals surface area contributed by atoms with Gasteiger partial charge in [-0.25, -0.2) is 4.79 Å². The first-order valence-electron chi connectivity index (χ1n) is 6.57. The summed E-state index contributed by atoms with van der Waals surface area (Å²) in [6.07, 6.45) is 0.254. The van der Waals surface area contributed by atoms with Crippen molar-refractivity contribution in [2.24, 2.45) is 0 Å². The Balaban J connectivity index is 2.46. The van der Waals surface area contributed by atoms with Gasteiger partial charge in [0.2, 0.25) is 0 Å². The van der Waals surface area contributed by atoms with Crippen LogP contribution in [0.15, 0.2) is 24.3 Å². The van der Waals surface area contributed by atoms with E-state index >= 15 is 0 Å². The summed E-state index contributed by atoms with van der Waals surface area (Å²) in [6.45, 7) is 0.611. The minimum absolute atomic E-state index is 0.0881. The lowest BCUT2D eigenvalue weighted by Crippen LogP contribution is -2.34. The third kappa shape index (κ3) is 6.75. The monoisotopic (exact) mass is 292 g/mol. The van der Waals surface area contributed by atoms with Gasteiger partial charge in [0, 0.05) is 13.7 Å². The lowest BCUT2D eigenvalue weighted by atomic mass is 10.2. The van der Waals surface area contributed by atoms with E-state index in [2.05, 4.69) is 16.1 Å². The third-order valence-corrected chi connectivity index (χ3v) is 2.77. The first kappa shape index (κ1) is 17.0. The molecule has 1 atom stereocenters. The number of hydrogen-bond acceptors (Lipinski definition) is 6. The van der Waals surface area contributed by atoms with Crippen LogP contribution in [0, 0.1) is 11.3 Å². The summed E-state index contributed by atoms with van der Waals surface area (Å²) in [7, 11) is 3.04. The molecule has 114 valence electrons. The second-order valence-corrected chi connectivity index (χ2v) is 4.41. The van der Waals surface area contributed by atoms with Crippen molar-refractivity contribution in [2.75, 3.05) is 27.4 Å². The number of carbonyl (C=O) groups excluding carboxylic acids is 1. The van der Waals surface area contributed by atoms with Gasteiger partial charge < -0.3 is 19.5 Å². The Hall–Kier alpha value is -2.10. The maximum atomic E-state index is 11.2. The predicted octanol–water partition coefficient (Wildman–Crippen LogP) is 1.26. The van der Waals surface area contributed by atoms with Gasteiger partial charge in [0.25, 0.3) is 0 Å². The number of benzene rings is 1. The molecule has 0 aliphatic carbocycles. The highest BCUT2D eigenvalue weighted by Gasteiger charge is 2.11. The van der Waals surface area contributed by atoms with E-state index in [0.29, 0.717) is 6.54 Å². The molecule has 0 aliphatic heterocycles. The highest BCUT2D eigenvalue weighted by Crippen LogP contribution is 2.12. The highest BCUT2D eigenvalue weighted by molar-refractivity contribution is 5.70. The van der Waals surface area contributed by atoms with Crippen LogP contribution in [0.1, 0.15) is 12.0 Å². The maximum absolute atomic E-state index is 11.2. The number of hydrogen-bond donors (Lipinski definition) is 1. The number of esters is 1. The Kier molecular flexibility index (Phi) is 7.87. The van der Waals surface area contributed by atoms with Crippen molar-refractivity contribution in [3.63, 3.8) is 0 Å². The maximum Gasteiger partial charge on any atom is 0.332 e. The minimum atomic E-state index is -0.441. The van der Waals surface area contributed by atoms with E-state index in [9.17, 15) is 4.79 Å². The van der Waals surface area contributed by atoms with Crippen LogP contribution in [0.3, 0.4) is 0 Å². The highest BCUT2D eigenvalue weighted by atomic mass is 16.6. The molecule has 0 amide bonds. The van der Waals surface area contributed by atoms with E-state index in [1.165, 1.54) is 7.11 Å². The zero-order valence-corrected chi connectivity index (χ0v) is 12.3. The summed E-state index contributed by atoms with van der Waals surface area (Å²) in [5.41, 5.74) is 1.03. The lowest BCUT2D eigenvalue weighted by molar-refractivity contribution is -0.148. The second kappa shape index (κ2) is 9.75. The van der Waals surface area contributed by atoms with Crippen molar-refractivity contribution in [2.45, 2.75) is 19.0 Å². The fourth-order valence-corrected chi connectivity index (χ4v) is 1.70. The van der Waals surface area contributed by atoms with E-state index in [-0.39, 0.29) is 25.7 Å². The van der Waals surface area contributed by atoms with Crippen LogP contribution in [0.4, 0.5) is 0 Å². The Bertz CT molecular complexity index is 485. The second-order valence-electron chi connectivity index (χ2n) is 4.41. The Morgan fingerprint density at radius 3 is 2.90 bits per heavy atom. The molecule has 21 heavy (non-hydrogen) atoms. The van der Waals surface area contributed by atoms with Gasteiger partial charge in [-0.15, -0.1) is 0 Å².